The zero-order chi connectivity index (χ0) is 31.7. The summed E-state index contributed by atoms with van der Waals surface area (Å²) in [5, 5.41) is 0. The van der Waals surface area contributed by atoms with Crippen LogP contribution in [0.5, 0.6) is 0 Å². The molecule has 0 radical (unpaired) electrons. The number of fused-ring (bicyclic) bond motifs is 3. The van der Waals surface area contributed by atoms with Gasteiger partial charge in [0.1, 0.15) is 0 Å². The van der Waals surface area contributed by atoms with Gasteiger partial charge in [0.25, 0.3) is 0 Å². The lowest BCUT2D eigenvalue weighted by molar-refractivity contribution is 0.0987. The van der Waals surface area contributed by atoms with Gasteiger partial charge < -0.3 is 9.80 Å². The number of carbonyl (C=O) groups excluding carboxylic acids is 2. The molecule has 0 amide bonds. The molecule has 0 spiro atoms. The van der Waals surface area contributed by atoms with Gasteiger partial charge in [-0.25, -0.2) is 0 Å². The van der Waals surface area contributed by atoms with E-state index >= 15 is 0 Å². The third kappa shape index (κ3) is 4.34. The van der Waals surface area contributed by atoms with Crippen molar-refractivity contribution in [2.75, 3.05) is 23.9 Å². The summed E-state index contributed by atoms with van der Waals surface area (Å²) < 4.78 is 0. The minimum atomic E-state index is -0.170. The monoisotopic (exact) mass is 592 g/mol. The van der Waals surface area contributed by atoms with Crippen LogP contribution < -0.4 is 9.80 Å². The van der Waals surface area contributed by atoms with Crippen molar-refractivity contribution in [2.24, 2.45) is 0 Å². The maximum absolute atomic E-state index is 13.9. The Bertz CT molecular complexity index is 1810. The zero-order valence-electron chi connectivity index (χ0n) is 27.1. The Labute approximate surface area is 266 Å². The summed E-state index contributed by atoms with van der Waals surface area (Å²) in [7, 11) is 4.24. The molecule has 4 heteroatoms. The number of nitrogens with zero attached hydrogens (tertiary/aromatic N) is 2. The minimum absolute atomic E-state index is 0.166. The standard InChI is InChI=1S/C41H40N2O2/c1-40(2)30-18-9-11-20-32(30)42(5)34(40)24-22-26-14-13-15-27(36(26)37-38(44)28-16-7-8-17-29(28)39(37)45)23-25-35-41(3,4)31-19-10-12-21-33(31)43(35)6/h7-12,16-25H,13-15H2,1-6H3/b26-22+,27-23+,34-24+,35-25+. The number of allylic oxidation sites excluding steroid dienone is 10. The Morgan fingerprint density at radius 1 is 0.556 bits per heavy atom. The van der Waals surface area contributed by atoms with Gasteiger partial charge in [-0.2, -0.15) is 0 Å². The summed E-state index contributed by atoms with van der Waals surface area (Å²) in [4.78, 5) is 32.4. The maximum Gasteiger partial charge on any atom is 0.198 e. The molecule has 3 aromatic carbocycles. The molecule has 2 aliphatic carbocycles. The van der Waals surface area contributed by atoms with Crippen LogP contribution in [0, 0.1) is 0 Å². The van der Waals surface area contributed by atoms with E-state index in [0.717, 1.165) is 36.0 Å². The van der Waals surface area contributed by atoms with E-state index in [1.165, 1.54) is 33.9 Å². The third-order valence-electron chi connectivity index (χ3n) is 10.4. The van der Waals surface area contributed by atoms with Crippen molar-refractivity contribution in [2.45, 2.75) is 57.8 Å². The highest BCUT2D eigenvalue weighted by atomic mass is 16.2. The predicted octanol–water partition coefficient (Wildman–Crippen LogP) is 9.02. The minimum Gasteiger partial charge on any atom is -0.347 e. The van der Waals surface area contributed by atoms with Gasteiger partial charge in [-0.15, -0.1) is 0 Å². The van der Waals surface area contributed by atoms with Gasteiger partial charge in [0.05, 0.1) is 5.57 Å². The number of likely N-dealkylation sites (N-methyl/N-ethyl adjacent to an activating group) is 2. The second-order valence-electron chi connectivity index (χ2n) is 13.7. The number of rotatable bonds is 2. The maximum atomic E-state index is 13.9. The predicted molar refractivity (Wildman–Crippen MR) is 184 cm³/mol. The second kappa shape index (κ2) is 10.4. The average molecular weight is 593 g/mol. The molecule has 0 saturated heterocycles. The van der Waals surface area contributed by atoms with E-state index in [0.29, 0.717) is 16.7 Å². The van der Waals surface area contributed by atoms with Gasteiger partial charge in [-0.3, -0.25) is 9.59 Å². The first kappa shape index (κ1) is 29.0. The van der Waals surface area contributed by atoms with Crippen LogP contribution in [-0.4, -0.2) is 25.7 Å². The van der Waals surface area contributed by atoms with Crippen LogP contribution in [0.15, 0.2) is 131 Å². The topological polar surface area (TPSA) is 40.6 Å². The SMILES string of the molecule is CN1/C(=C/C=C2\CCC/C(=C\C=C3\N(C)c4ccccc4C3(C)C)C2=C2C(=O)c3ccccc3C2=O)C(C)(C)c2ccccc21. The molecule has 0 atom stereocenters. The summed E-state index contributed by atoms with van der Waals surface area (Å²) in [6, 6.07) is 24.3. The van der Waals surface area contributed by atoms with E-state index in [-0.39, 0.29) is 22.4 Å². The normalized spacial score (nSPS) is 23.5. The number of hydrogen-bond acceptors (Lipinski definition) is 4. The number of para-hydroxylation sites is 2. The third-order valence-corrected chi connectivity index (χ3v) is 10.4. The lowest BCUT2D eigenvalue weighted by Gasteiger charge is -2.26. The second-order valence-corrected chi connectivity index (χ2v) is 13.7. The van der Waals surface area contributed by atoms with Crippen LogP contribution in [0.4, 0.5) is 11.4 Å². The van der Waals surface area contributed by atoms with Crippen LogP contribution in [-0.2, 0) is 10.8 Å². The first-order chi connectivity index (χ1) is 21.5. The van der Waals surface area contributed by atoms with Crippen LogP contribution in [0.3, 0.4) is 0 Å². The van der Waals surface area contributed by atoms with Crippen LogP contribution in [0.1, 0.15) is 78.8 Å². The summed E-state index contributed by atoms with van der Waals surface area (Å²) in [6.07, 6.45) is 11.3. The molecule has 45 heavy (non-hydrogen) atoms. The van der Waals surface area contributed by atoms with E-state index in [4.69, 9.17) is 0 Å². The molecule has 2 aliphatic heterocycles. The highest BCUT2D eigenvalue weighted by Gasteiger charge is 2.40. The van der Waals surface area contributed by atoms with Gasteiger partial charge >= 0.3 is 0 Å². The van der Waals surface area contributed by atoms with Gasteiger partial charge in [-0.1, -0.05) is 101 Å². The van der Waals surface area contributed by atoms with Gasteiger partial charge in [0.2, 0.25) is 0 Å². The molecule has 1 saturated carbocycles. The largest absolute Gasteiger partial charge is 0.347 e. The van der Waals surface area contributed by atoms with E-state index < -0.39 is 0 Å². The number of benzene rings is 3. The van der Waals surface area contributed by atoms with Gasteiger partial charge in [-0.05, 0) is 71.4 Å². The van der Waals surface area contributed by atoms with Crippen molar-refractivity contribution >= 4 is 22.9 Å². The fraction of sp³-hybridized carbons (Fsp3) is 0.268. The number of ketones is 2. The summed E-state index contributed by atoms with van der Waals surface area (Å²) in [6.45, 7) is 9.04. The van der Waals surface area contributed by atoms with E-state index in [9.17, 15) is 9.59 Å². The van der Waals surface area contributed by atoms with Crippen molar-refractivity contribution in [1.29, 1.82) is 0 Å². The average Bonchev–Trinajstić information content (AvgIpc) is 3.49. The fourth-order valence-corrected chi connectivity index (χ4v) is 8.02. The molecular formula is C41H40N2O2. The molecule has 4 aliphatic rings. The Morgan fingerprint density at radius 2 is 0.956 bits per heavy atom. The smallest absolute Gasteiger partial charge is 0.198 e. The van der Waals surface area contributed by atoms with Crippen LogP contribution in [0.25, 0.3) is 0 Å². The fourth-order valence-electron chi connectivity index (χ4n) is 8.02. The number of carbonyl (C=O) groups is 2. The highest BCUT2D eigenvalue weighted by Crippen LogP contribution is 2.49. The Balaban J connectivity index is 1.38. The molecule has 0 N–H and O–H groups in total. The van der Waals surface area contributed by atoms with Crippen molar-refractivity contribution in [3.05, 3.63) is 153 Å². The van der Waals surface area contributed by atoms with Gasteiger partial charge in [0, 0.05) is 58.8 Å². The molecule has 3 aromatic rings. The van der Waals surface area contributed by atoms with Gasteiger partial charge in [0.15, 0.2) is 11.6 Å². The lowest BCUT2D eigenvalue weighted by Crippen LogP contribution is -2.23. The number of Topliss-reactive ketones (excluding diaryl/α,β-unsaturated/α-hetero) is 2. The molecule has 226 valence electrons. The highest BCUT2D eigenvalue weighted by molar-refractivity contribution is 6.40. The molecule has 0 bridgehead atoms. The Kier molecular flexibility index (Phi) is 6.74. The molecule has 0 unspecified atom stereocenters. The van der Waals surface area contributed by atoms with Crippen molar-refractivity contribution in [1.82, 2.24) is 0 Å². The molecular weight excluding hydrogens is 552 g/mol. The van der Waals surface area contributed by atoms with Crippen LogP contribution >= 0.6 is 0 Å². The first-order valence-corrected chi connectivity index (χ1v) is 16.0. The quantitative estimate of drug-likeness (QED) is 0.220. The van der Waals surface area contributed by atoms with Crippen molar-refractivity contribution < 1.29 is 9.59 Å². The summed E-state index contributed by atoms with van der Waals surface area (Å²) >= 11 is 0. The number of anilines is 2. The Morgan fingerprint density at radius 3 is 1.38 bits per heavy atom. The summed E-state index contributed by atoms with van der Waals surface area (Å²) in [5.74, 6) is -0.331. The summed E-state index contributed by atoms with van der Waals surface area (Å²) in [5.41, 5.74) is 11.3. The zero-order valence-corrected chi connectivity index (χ0v) is 27.1. The van der Waals surface area contributed by atoms with Crippen molar-refractivity contribution in [3.8, 4) is 0 Å². The Hall–Kier alpha value is -4.70. The molecule has 7 rings (SSSR count). The number of hydrogen-bond donors (Lipinski definition) is 0. The molecule has 2 heterocycles. The van der Waals surface area contributed by atoms with E-state index in [1.807, 2.05) is 12.1 Å². The van der Waals surface area contributed by atoms with E-state index in [2.05, 4.69) is 124 Å². The molecule has 4 nitrogen and oxygen atoms in total. The molecule has 1 fully saturated rings. The molecule has 0 aromatic heterocycles. The van der Waals surface area contributed by atoms with Crippen LogP contribution in [0.2, 0.25) is 0 Å². The van der Waals surface area contributed by atoms with E-state index in [1.54, 1.807) is 12.1 Å². The van der Waals surface area contributed by atoms with Crippen molar-refractivity contribution in [3.63, 3.8) is 0 Å². The lowest BCUT2D eigenvalue weighted by atomic mass is 9.79. The first-order valence-electron chi connectivity index (χ1n) is 16.0.